The molecule has 22 heteroatoms. The van der Waals surface area contributed by atoms with E-state index >= 15 is 0 Å². The van der Waals surface area contributed by atoms with Gasteiger partial charge in [0.2, 0.25) is 0 Å². The Bertz CT molecular complexity index is 596. The fraction of sp³-hybridized carbons (Fsp3) is 1.00. The summed E-state index contributed by atoms with van der Waals surface area (Å²) in [5.74, 6) is 0. The van der Waals surface area contributed by atoms with E-state index in [4.69, 9.17) is 38.9 Å². The van der Waals surface area contributed by atoms with Crippen LogP contribution in [0.5, 0.6) is 0 Å². The van der Waals surface area contributed by atoms with Crippen LogP contribution in [0, 0.1) is 0 Å². The number of hydrogen-bond acceptors (Lipinski definition) is 9. The van der Waals surface area contributed by atoms with Crippen LogP contribution in [0.25, 0.3) is 0 Å². The van der Waals surface area contributed by atoms with Crippen molar-refractivity contribution in [2.75, 3.05) is 0 Å². The van der Waals surface area contributed by atoms with E-state index in [1.165, 1.54) is 0 Å². The van der Waals surface area contributed by atoms with Gasteiger partial charge in [-0.3, -0.25) is 0 Å². The normalized spacial score (nSPS) is 13.4. The van der Waals surface area contributed by atoms with Gasteiger partial charge in [-0.15, -0.1) is 0 Å². The van der Waals surface area contributed by atoms with Crippen molar-refractivity contribution in [1.82, 2.24) is 0 Å². The Balaban J connectivity index is -0.000000130. The molecule has 0 amide bonds. The first-order valence-corrected chi connectivity index (χ1v) is 8.04. The Morgan fingerprint density at radius 3 is 0.480 bits per heavy atom. The summed E-state index contributed by atoms with van der Waals surface area (Å²) in [4.78, 5) is 0. The fourth-order valence-electron chi connectivity index (χ4n) is 0. The molecule has 0 unspecified atom stereocenters. The van der Waals surface area contributed by atoms with Gasteiger partial charge in [0, 0.05) is 17.1 Å². The quantitative estimate of drug-likeness (QED) is 0.193. The molecule has 25 heavy (non-hydrogen) atoms. The molecule has 0 aromatic heterocycles. The Hall–Kier alpha value is -0.381. The zero-order valence-electron chi connectivity index (χ0n) is 10.2. The summed E-state index contributed by atoms with van der Waals surface area (Å²) < 4.78 is 177. The van der Waals surface area contributed by atoms with Crippen molar-refractivity contribution in [3.63, 3.8) is 0 Å². The molecular weight excluding hydrogens is 503 g/mol. The number of alkyl halides is 9. The van der Waals surface area contributed by atoms with Crippen LogP contribution in [0.2, 0.25) is 0 Å². The molecule has 0 spiro atoms. The molecule has 0 aliphatic rings. The van der Waals surface area contributed by atoms with Crippen molar-refractivity contribution in [3.8, 4) is 0 Å². The molecule has 0 rings (SSSR count). The molecule has 0 atom stereocenters. The van der Waals surface area contributed by atoms with Gasteiger partial charge in [-0.1, -0.05) is 0 Å². The van der Waals surface area contributed by atoms with E-state index in [1.54, 1.807) is 0 Å². The molecule has 0 bridgehead atoms. The van der Waals surface area contributed by atoms with E-state index < -0.39 is 46.9 Å². The van der Waals surface area contributed by atoms with Gasteiger partial charge in [-0.2, -0.15) is 39.5 Å². The van der Waals surface area contributed by atoms with Crippen molar-refractivity contribution in [2.45, 2.75) is 16.5 Å². The smallest absolute Gasteiger partial charge is 0.485 e. The Morgan fingerprint density at radius 1 is 0.440 bits per heavy atom. The molecule has 9 nitrogen and oxygen atoms in total. The molecule has 0 aromatic rings. The first-order chi connectivity index (χ1) is 9.75. The van der Waals surface area contributed by atoms with Crippen molar-refractivity contribution >= 4 is 30.4 Å². The summed E-state index contributed by atoms with van der Waals surface area (Å²) in [6.45, 7) is 0. The van der Waals surface area contributed by atoms with Crippen LogP contribution in [0.3, 0.4) is 0 Å². The van der Waals surface area contributed by atoms with E-state index in [1.807, 2.05) is 0 Å². The van der Waals surface area contributed by atoms with E-state index in [2.05, 4.69) is 0 Å². The molecule has 0 aliphatic carbocycles. The zero-order chi connectivity index (χ0) is 21.0. The average molecular weight is 503 g/mol. The minimum atomic E-state index is -6.09. The fourth-order valence-corrected chi connectivity index (χ4v) is 0. The summed E-state index contributed by atoms with van der Waals surface area (Å²) in [5, 5.41) is 0. The molecule has 158 valence electrons. The van der Waals surface area contributed by atoms with Gasteiger partial charge in [0.25, 0.3) is 0 Å². The predicted molar refractivity (Wildman–Crippen MR) is 47.3 cm³/mol. The molecular formula is C3F9FeO9S3-3. The van der Waals surface area contributed by atoms with Crippen LogP contribution in [0.4, 0.5) is 39.5 Å². The van der Waals surface area contributed by atoms with Gasteiger partial charge in [0.1, 0.15) is 0 Å². The third-order valence-electron chi connectivity index (χ3n) is 0.850. The average Bonchev–Trinajstić information content (AvgIpc) is 2.08. The van der Waals surface area contributed by atoms with Gasteiger partial charge >= 0.3 is 16.5 Å². The van der Waals surface area contributed by atoms with Gasteiger partial charge in [0.05, 0.1) is 0 Å². The summed E-state index contributed by atoms with van der Waals surface area (Å²) in [6.07, 6.45) is 0. The minimum Gasteiger partial charge on any atom is -0.741 e. The Kier molecular flexibility index (Phi) is 12.3. The van der Waals surface area contributed by atoms with Crippen LogP contribution in [0.15, 0.2) is 0 Å². The molecule has 0 fully saturated rings. The number of halogens is 9. The number of rotatable bonds is 0. The van der Waals surface area contributed by atoms with Crippen molar-refractivity contribution in [3.05, 3.63) is 0 Å². The third kappa shape index (κ3) is 15.6. The molecule has 0 N–H and O–H groups in total. The second kappa shape index (κ2) is 9.52. The molecule has 0 aromatic carbocycles. The second-order valence-corrected chi connectivity index (χ2v) is 6.81. The van der Waals surface area contributed by atoms with E-state index in [9.17, 15) is 39.5 Å². The SMILES string of the molecule is O=S(=O)([O-])C(F)(F)F.O=S(=O)([O-])C(F)(F)F.O=S(=O)([O-])C(F)(F)F.[Fe]. The van der Waals surface area contributed by atoms with Crippen LogP contribution >= 0.6 is 0 Å². The first-order valence-electron chi connectivity index (χ1n) is 3.81. The van der Waals surface area contributed by atoms with Crippen LogP contribution in [0.1, 0.15) is 0 Å². The molecule has 0 radical (unpaired) electrons. The van der Waals surface area contributed by atoms with Gasteiger partial charge in [0.15, 0.2) is 30.4 Å². The van der Waals surface area contributed by atoms with Gasteiger partial charge in [-0.25, -0.2) is 25.3 Å². The van der Waals surface area contributed by atoms with Gasteiger partial charge < -0.3 is 13.7 Å². The summed E-state index contributed by atoms with van der Waals surface area (Å²) >= 11 is 0. The maximum atomic E-state index is 10.7. The van der Waals surface area contributed by atoms with E-state index in [-0.39, 0.29) is 17.1 Å². The van der Waals surface area contributed by atoms with Crippen LogP contribution in [-0.2, 0) is 47.4 Å². The first kappa shape index (κ1) is 32.3. The summed E-state index contributed by atoms with van der Waals surface area (Å²) in [6, 6.07) is 0. The summed E-state index contributed by atoms with van der Waals surface area (Å²) in [5.41, 5.74) is -16.9. The predicted octanol–water partition coefficient (Wildman–Crippen LogP) is 0.152. The van der Waals surface area contributed by atoms with Gasteiger partial charge in [-0.05, 0) is 0 Å². The largest absolute Gasteiger partial charge is 0.741 e. The standard InChI is InChI=1S/3CHF3O3S.Fe/c3*2-1(3,4)8(5,6)7;/h3*(H,5,6,7);/p-3. The minimum absolute atomic E-state index is 0. The monoisotopic (exact) mass is 503 g/mol. The maximum absolute atomic E-state index is 10.7. The Labute approximate surface area is 142 Å². The van der Waals surface area contributed by atoms with E-state index in [0.29, 0.717) is 0 Å². The molecule has 0 heterocycles. The van der Waals surface area contributed by atoms with Crippen LogP contribution in [-0.4, -0.2) is 55.4 Å². The molecule has 0 saturated heterocycles. The topological polar surface area (TPSA) is 172 Å². The zero-order valence-corrected chi connectivity index (χ0v) is 13.7. The van der Waals surface area contributed by atoms with Crippen LogP contribution < -0.4 is 0 Å². The molecule has 0 aliphatic heterocycles. The van der Waals surface area contributed by atoms with E-state index in [0.717, 1.165) is 0 Å². The Morgan fingerprint density at radius 2 is 0.480 bits per heavy atom. The maximum Gasteiger partial charge on any atom is 0.485 e. The third-order valence-corrected chi connectivity index (χ3v) is 2.55. The summed E-state index contributed by atoms with van der Waals surface area (Å²) in [7, 11) is -18.3. The number of hydrogen-bond donors (Lipinski definition) is 0. The molecule has 0 saturated carbocycles. The van der Waals surface area contributed by atoms with Crippen molar-refractivity contribution < 1.29 is 95.5 Å². The van der Waals surface area contributed by atoms with Crippen molar-refractivity contribution in [2.24, 2.45) is 0 Å². The second-order valence-electron chi connectivity index (χ2n) is 2.70. The van der Waals surface area contributed by atoms with Crippen molar-refractivity contribution in [1.29, 1.82) is 0 Å².